The van der Waals surface area contributed by atoms with Crippen LogP contribution in [0.15, 0.2) is 24.3 Å². The van der Waals surface area contributed by atoms with Gasteiger partial charge in [0.15, 0.2) is 0 Å². The predicted molar refractivity (Wildman–Crippen MR) is 102 cm³/mol. The zero-order chi connectivity index (χ0) is 21.3. The molecule has 0 aromatic heterocycles. The molecule has 0 aromatic carbocycles. The third kappa shape index (κ3) is 3.81. The summed E-state index contributed by atoms with van der Waals surface area (Å²) in [5.74, 6) is -3.02. The first-order chi connectivity index (χ1) is 13.0. The first-order valence-corrected chi connectivity index (χ1v) is 9.74. The third-order valence-corrected chi connectivity index (χ3v) is 5.80. The lowest BCUT2D eigenvalue weighted by atomic mass is 9.75. The fraction of sp³-hybridized carbons (Fsp3) is 0.714. The molecule has 7 unspecified atom stereocenters. The minimum absolute atomic E-state index is 0.0802. The Labute approximate surface area is 166 Å². The lowest BCUT2D eigenvalue weighted by Crippen LogP contribution is -2.57. The van der Waals surface area contributed by atoms with Crippen molar-refractivity contribution in [3.63, 3.8) is 0 Å². The van der Waals surface area contributed by atoms with Gasteiger partial charge in [0.2, 0.25) is 5.79 Å². The quantitative estimate of drug-likeness (QED) is 0.453. The molecule has 7 atom stereocenters. The number of esters is 1. The number of allylic oxidation sites excluding steroid dienone is 1. The van der Waals surface area contributed by atoms with Gasteiger partial charge in [-0.05, 0) is 13.8 Å². The number of hydrogen-bond acceptors (Lipinski definition) is 7. The highest BCUT2D eigenvalue weighted by Gasteiger charge is 2.73. The van der Waals surface area contributed by atoms with Crippen LogP contribution in [0, 0.1) is 11.8 Å². The molecule has 2 N–H and O–H groups in total. The number of ether oxygens (including phenoxy) is 3. The number of ketones is 1. The van der Waals surface area contributed by atoms with Crippen LogP contribution in [0.1, 0.15) is 47.5 Å². The molecule has 2 saturated heterocycles. The van der Waals surface area contributed by atoms with E-state index in [1.165, 1.54) is 6.92 Å². The molecule has 0 saturated carbocycles. The highest BCUT2D eigenvalue weighted by molar-refractivity contribution is 5.79. The van der Waals surface area contributed by atoms with Crippen molar-refractivity contribution in [1.82, 2.24) is 0 Å². The summed E-state index contributed by atoms with van der Waals surface area (Å²) in [6.45, 7) is 12.4. The molecular formula is C21H32O7. The van der Waals surface area contributed by atoms with Crippen LogP contribution in [0.5, 0.6) is 0 Å². The monoisotopic (exact) mass is 396 g/mol. The summed E-state index contributed by atoms with van der Waals surface area (Å²) in [4.78, 5) is 23.1. The molecule has 2 aliphatic heterocycles. The van der Waals surface area contributed by atoms with Crippen LogP contribution in [0.3, 0.4) is 0 Å². The SMILES string of the molecule is C=C(C(O)CC(=O)CC)C12OC(C(C)C=CC)C(C)(O1)C(O)C2COC(C)=O. The first kappa shape index (κ1) is 22.7. The van der Waals surface area contributed by atoms with Crippen LogP contribution in [0.25, 0.3) is 0 Å². The van der Waals surface area contributed by atoms with Crippen molar-refractivity contribution >= 4 is 11.8 Å². The summed E-state index contributed by atoms with van der Waals surface area (Å²) in [6.07, 6.45) is 1.30. The van der Waals surface area contributed by atoms with Crippen LogP contribution in [-0.4, -0.2) is 58.3 Å². The van der Waals surface area contributed by atoms with E-state index >= 15 is 0 Å². The Hall–Kier alpha value is -1.54. The second-order valence-electron chi connectivity index (χ2n) is 7.87. The fourth-order valence-corrected chi connectivity index (χ4v) is 4.25. The Balaban J connectivity index is 2.40. The summed E-state index contributed by atoms with van der Waals surface area (Å²) in [5, 5.41) is 21.7. The summed E-state index contributed by atoms with van der Waals surface area (Å²) in [7, 11) is 0. The van der Waals surface area contributed by atoms with Gasteiger partial charge in [-0.3, -0.25) is 9.59 Å². The van der Waals surface area contributed by atoms with E-state index in [4.69, 9.17) is 14.2 Å². The predicted octanol–water partition coefficient (Wildman–Crippen LogP) is 1.91. The lowest BCUT2D eigenvalue weighted by molar-refractivity contribution is -0.193. The number of aliphatic hydroxyl groups excluding tert-OH is 2. The Morgan fingerprint density at radius 2 is 2.04 bits per heavy atom. The van der Waals surface area contributed by atoms with Crippen molar-refractivity contribution in [3.8, 4) is 0 Å². The van der Waals surface area contributed by atoms with Crippen LogP contribution >= 0.6 is 0 Å². The Morgan fingerprint density at radius 1 is 1.39 bits per heavy atom. The summed E-state index contributed by atoms with van der Waals surface area (Å²) >= 11 is 0. The van der Waals surface area contributed by atoms with Gasteiger partial charge >= 0.3 is 5.97 Å². The van der Waals surface area contributed by atoms with Gasteiger partial charge in [0, 0.05) is 31.3 Å². The highest BCUT2D eigenvalue weighted by atomic mass is 16.8. The van der Waals surface area contributed by atoms with Crippen molar-refractivity contribution < 1.29 is 34.0 Å². The summed E-state index contributed by atoms with van der Waals surface area (Å²) in [5.41, 5.74) is -0.925. The van der Waals surface area contributed by atoms with Gasteiger partial charge in [0.05, 0.1) is 24.2 Å². The maximum atomic E-state index is 11.8. The van der Waals surface area contributed by atoms with Crippen LogP contribution in [0.2, 0.25) is 0 Å². The van der Waals surface area contributed by atoms with Crippen molar-refractivity contribution in [2.45, 2.75) is 77.2 Å². The zero-order valence-corrected chi connectivity index (χ0v) is 17.3. The first-order valence-electron chi connectivity index (χ1n) is 9.74. The molecular weight excluding hydrogens is 364 g/mol. The average Bonchev–Trinajstić information content (AvgIpc) is 3.06. The van der Waals surface area contributed by atoms with Gasteiger partial charge < -0.3 is 24.4 Å². The van der Waals surface area contributed by atoms with E-state index in [-0.39, 0.29) is 36.7 Å². The lowest BCUT2D eigenvalue weighted by Gasteiger charge is -2.42. The zero-order valence-electron chi connectivity index (χ0n) is 17.3. The van der Waals surface area contributed by atoms with Crippen LogP contribution in [-0.2, 0) is 23.8 Å². The van der Waals surface area contributed by atoms with E-state index in [9.17, 15) is 19.8 Å². The fourth-order valence-electron chi connectivity index (χ4n) is 4.25. The second-order valence-corrected chi connectivity index (χ2v) is 7.87. The van der Waals surface area contributed by atoms with Crippen molar-refractivity contribution in [2.24, 2.45) is 11.8 Å². The maximum absolute atomic E-state index is 11.8. The van der Waals surface area contributed by atoms with E-state index in [1.807, 2.05) is 26.0 Å². The largest absolute Gasteiger partial charge is 0.465 e. The molecule has 2 heterocycles. The Bertz CT molecular complexity index is 657. The minimum atomic E-state index is -1.54. The molecule has 2 fully saturated rings. The van der Waals surface area contributed by atoms with E-state index in [2.05, 4.69) is 6.58 Å². The molecule has 0 radical (unpaired) electrons. The van der Waals surface area contributed by atoms with Crippen molar-refractivity contribution in [3.05, 3.63) is 24.3 Å². The van der Waals surface area contributed by atoms with Gasteiger partial charge in [-0.1, -0.05) is 32.6 Å². The number of fused-ring (bicyclic) bond motifs is 2. The van der Waals surface area contributed by atoms with E-state index in [1.54, 1.807) is 13.8 Å². The van der Waals surface area contributed by atoms with E-state index in [0.717, 1.165) is 0 Å². The minimum Gasteiger partial charge on any atom is -0.465 e. The van der Waals surface area contributed by atoms with Crippen molar-refractivity contribution in [2.75, 3.05) is 6.61 Å². The number of carbonyl (C=O) groups excluding carboxylic acids is 2. The Kier molecular flexibility index (Phi) is 6.86. The maximum Gasteiger partial charge on any atom is 0.302 e. The topological polar surface area (TPSA) is 102 Å². The third-order valence-electron chi connectivity index (χ3n) is 5.80. The van der Waals surface area contributed by atoms with Crippen LogP contribution in [0.4, 0.5) is 0 Å². The van der Waals surface area contributed by atoms with E-state index in [0.29, 0.717) is 0 Å². The van der Waals surface area contributed by atoms with Gasteiger partial charge in [0.25, 0.3) is 0 Å². The molecule has 2 bridgehead atoms. The van der Waals surface area contributed by atoms with Gasteiger partial charge in [-0.15, -0.1) is 0 Å². The molecule has 7 heteroatoms. The average molecular weight is 396 g/mol. The molecule has 0 amide bonds. The molecule has 0 aliphatic carbocycles. The molecule has 0 aromatic rings. The number of rotatable bonds is 9. The molecule has 2 aliphatic rings. The van der Waals surface area contributed by atoms with Crippen LogP contribution < -0.4 is 0 Å². The summed E-state index contributed by atoms with van der Waals surface area (Å²) in [6, 6.07) is 0. The number of carbonyl (C=O) groups is 2. The molecule has 7 nitrogen and oxygen atoms in total. The number of hydrogen-bond donors (Lipinski definition) is 2. The normalized spacial score (nSPS) is 36.5. The Morgan fingerprint density at radius 3 is 2.57 bits per heavy atom. The number of Topliss-reactive ketones (excluding diaryl/α,β-unsaturated/α-hetero) is 1. The molecule has 2 rings (SSSR count). The molecule has 28 heavy (non-hydrogen) atoms. The van der Waals surface area contributed by atoms with Gasteiger partial charge in [-0.2, -0.15) is 0 Å². The molecule has 158 valence electrons. The van der Waals surface area contributed by atoms with Gasteiger partial charge in [-0.25, -0.2) is 0 Å². The summed E-state index contributed by atoms with van der Waals surface area (Å²) < 4.78 is 17.6. The van der Waals surface area contributed by atoms with E-state index < -0.39 is 41.6 Å². The second kappa shape index (κ2) is 8.45. The van der Waals surface area contributed by atoms with Crippen molar-refractivity contribution in [1.29, 1.82) is 0 Å². The molecule has 0 spiro atoms. The van der Waals surface area contributed by atoms with Gasteiger partial charge in [0.1, 0.15) is 18.0 Å². The standard InChI is InChI=1S/C21H32O7/c1-7-9-12(3)19-20(6)18(25)16(11-26-14(5)22)21(27-19,28-20)13(4)17(24)10-15(23)8-2/h7,9,12,16-19,24-25H,4,8,10-11H2,1-3,5-6H3. The highest BCUT2D eigenvalue weighted by Crippen LogP contribution is 2.58. The number of aliphatic hydroxyl groups is 2. The smallest absolute Gasteiger partial charge is 0.302 e.